The van der Waals surface area contributed by atoms with Crippen LogP contribution in [0.3, 0.4) is 0 Å². The van der Waals surface area contributed by atoms with Gasteiger partial charge >= 0.3 is 0 Å². The molecule has 1 aliphatic rings. The van der Waals surface area contributed by atoms with Crippen LogP contribution in [0, 0.1) is 5.92 Å². The first-order valence-corrected chi connectivity index (χ1v) is 8.66. The number of hydrogen-bond donors (Lipinski definition) is 0. The lowest BCUT2D eigenvalue weighted by atomic mass is 9.89. The summed E-state index contributed by atoms with van der Waals surface area (Å²) < 4.78 is 5.16. The zero-order valence-electron chi connectivity index (χ0n) is 14.3. The fourth-order valence-electron chi connectivity index (χ4n) is 3.34. The smallest absolute Gasteiger partial charge is 0.140 e. The van der Waals surface area contributed by atoms with Crippen molar-refractivity contribution in [3.63, 3.8) is 0 Å². The molecule has 0 atom stereocenters. The molecular formula is C21H25NO2. The van der Waals surface area contributed by atoms with Gasteiger partial charge in [-0.25, -0.2) is 0 Å². The number of methoxy groups -OCH3 is 1. The molecule has 2 aromatic rings. The van der Waals surface area contributed by atoms with Crippen molar-refractivity contribution in [1.82, 2.24) is 4.90 Å². The van der Waals surface area contributed by atoms with Crippen LogP contribution in [-0.4, -0.2) is 30.9 Å². The lowest BCUT2D eigenvalue weighted by molar-refractivity contribution is -0.123. The van der Waals surface area contributed by atoms with Crippen molar-refractivity contribution in [3.05, 3.63) is 65.7 Å². The van der Waals surface area contributed by atoms with Gasteiger partial charge in [0.05, 0.1) is 7.11 Å². The number of ketones is 1. The molecule has 0 aromatic heterocycles. The van der Waals surface area contributed by atoms with Crippen molar-refractivity contribution in [3.8, 4) is 5.75 Å². The topological polar surface area (TPSA) is 29.5 Å². The third-order valence-electron chi connectivity index (χ3n) is 4.83. The summed E-state index contributed by atoms with van der Waals surface area (Å²) in [5.74, 6) is 1.42. The second-order valence-corrected chi connectivity index (χ2v) is 6.53. The summed E-state index contributed by atoms with van der Waals surface area (Å²) >= 11 is 0. The lowest BCUT2D eigenvalue weighted by Gasteiger charge is -2.31. The van der Waals surface area contributed by atoms with E-state index in [0.717, 1.165) is 43.8 Å². The van der Waals surface area contributed by atoms with E-state index in [-0.39, 0.29) is 5.92 Å². The number of ether oxygens (including phenoxy) is 1. The Morgan fingerprint density at radius 3 is 2.29 bits per heavy atom. The molecule has 1 aliphatic heterocycles. The monoisotopic (exact) mass is 323 g/mol. The van der Waals surface area contributed by atoms with Crippen LogP contribution in [-0.2, 0) is 17.8 Å². The number of hydrogen-bond acceptors (Lipinski definition) is 3. The zero-order chi connectivity index (χ0) is 16.8. The molecule has 0 bridgehead atoms. The maximum Gasteiger partial charge on any atom is 0.140 e. The molecule has 1 fully saturated rings. The summed E-state index contributed by atoms with van der Waals surface area (Å²) in [5.41, 5.74) is 2.42. The number of benzene rings is 2. The molecule has 126 valence electrons. The number of nitrogens with zero attached hydrogens (tertiary/aromatic N) is 1. The van der Waals surface area contributed by atoms with Crippen molar-refractivity contribution in [1.29, 1.82) is 0 Å². The number of carbonyl (C=O) groups is 1. The predicted molar refractivity (Wildman–Crippen MR) is 96.1 cm³/mol. The van der Waals surface area contributed by atoms with E-state index < -0.39 is 0 Å². The van der Waals surface area contributed by atoms with Crippen LogP contribution < -0.4 is 4.74 Å². The van der Waals surface area contributed by atoms with Crippen molar-refractivity contribution in [2.24, 2.45) is 5.92 Å². The average Bonchev–Trinajstić information content (AvgIpc) is 2.64. The van der Waals surface area contributed by atoms with Gasteiger partial charge in [0.2, 0.25) is 0 Å². The van der Waals surface area contributed by atoms with E-state index in [9.17, 15) is 4.79 Å². The first-order chi connectivity index (χ1) is 11.7. The average molecular weight is 323 g/mol. The maximum atomic E-state index is 12.5. The highest BCUT2D eigenvalue weighted by atomic mass is 16.5. The minimum Gasteiger partial charge on any atom is -0.497 e. The Labute approximate surface area is 144 Å². The van der Waals surface area contributed by atoms with Crippen molar-refractivity contribution in [2.45, 2.75) is 25.8 Å². The standard InChI is InChI=1S/C21H25NO2/c1-24-20-9-7-17(8-10-20)15-21(23)19-11-13-22(14-12-19)16-18-5-3-2-4-6-18/h2-10,19H,11-16H2,1H3. The molecule has 1 heterocycles. The van der Waals surface area contributed by atoms with E-state index in [1.54, 1.807) is 7.11 Å². The van der Waals surface area contributed by atoms with Gasteiger partial charge in [0, 0.05) is 18.9 Å². The lowest BCUT2D eigenvalue weighted by Crippen LogP contribution is -2.36. The molecule has 0 unspecified atom stereocenters. The Bertz CT molecular complexity index is 643. The number of carbonyl (C=O) groups excluding carboxylic acids is 1. The Morgan fingerprint density at radius 1 is 1.00 bits per heavy atom. The van der Waals surface area contributed by atoms with Gasteiger partial charge in [0.1, 0.15) is 11.5 Å². The van der Waals surface area contributed by atoms with Crippen molar-refractivity contribution in [2.75, 3.05) is 20.2 Å². The summed E-state index contributed by atoms with van der Waals surface area (Å²) in [6.45, 7) is 3.00. The Morgan fingerprint density at radius 2 is 1.67 bits per heavy atom. The number of rotatable bonds is 6. The van der Waals surface area contributed by atoms with Crippen molar-refractivity contribution < 1.29 is 9.53 Å². The van der Waals surface area contributed by atoms with Gasteiger partial charge in [-0.2, -0.15) is 0 Å². The van der Waals surface area contributed by atoms with Gasteiger partial charge in [-0.3, -0.25) is 9.69 Å². The van der Waals surface area contributed by atoms with E-state index in [4.69, 9.17) is 4.74 Å². The molecule has 0 radical (unpaired) electrons. The summed E-state index contributed by atoms with van der Waals surface area (Å²) in [5, 5.41) is 0. The second kappa shape index (κ2) is 8.11. The van der Waals surface area contributed by atoms with E-state index >= 15 is 0 Å². The molecule has 3 nitrogen and oxygen atoms in total. The van der Waals surface area contributed by atoms with Gasteiger partial charge in [-0.15, -0.1) is 0 Å². The predicted octanol–water partition coefficient (Wildman–Crippen LogP) is 3.72. The highest BCUT2D eigenvalue weighted by molar-refractivity contribution is 5.83. The fourth-order valence-corrected chi connectivity index (χ4v) is 3.34. The van der Waals surface area contributed by atoms with Crippen LogP contribution in [0.2, 0.25) is 0 Å². The fraction of sp³-hybridized carbons (Fsp3) is 0.381. The van der Waals surface area contributed by atoms with Crippen LogP contribution >= 0.6 is 0 Å². The van der Waals surface area contributed by atoms with E-state index in [0.29, 0.717) is 12.2 Å². The summed E-state index contributed by atoms with van der Waals surface area (Å²) in [7, 11) is 1.66. The molecule has 1 saturated heterocycles. The molecule has 2 aromatic carbocycles. The van der Waals surface area contributed by atoms with Gasteiger partial charge in [-0.1, -0.05) is 42.5 Å². The summed E-state index contributed by atoms with van der Waals surface area (Å²) in [6, 6.07) is 18.4. The second-order valence-electron chi connectivity index (χ2n) is 6.53. The molecule has 0 amide bonds. The van der Waals surface area contributed by atoms with Gasteiger partial charge < -0.3 is 4.74 Å². The van der Waals surface area contributed by atoms with E-state index in [2.05, 4.69) is 29.2 Å². The molecule has 24 heavy (non-hydrogen) atoms. The summed E-state index contributed by atoms with van der Waals surface area (Å²) in [6.07, 6.45) is 2.48. The van der Waals surface area contributed by atoms with Gasteiger partial charge in [0.15, 0.2) is 0 Å². The van der Waals surface area contributed by atoms with Crippen LogP contribution in [0.25, 0.3) is 0 Å². The van der Waals surface area contributed by atoms with E-state index in [1.807, 2.05) is 30.3 Å². The number of piperidine rings is 1. The Hall–Kier alpha value is -2.13. The summed E-state index contributed by atoms with van der Waals surface area (Å²) in [4.78, 5) is 15.0. The molecule has 0 spiro atoms. The van der Waals surface area contributed by atoms with Crippen LogP contribution in [0.15, 0.2) is 54.6 Å². The SMILES string of the molecule is COc1ccc(CC(=O)C2CCN(Cc3ccccc3)CC2)cc1. The molecular weight excluding hydrogens is 298 g/mol. The molecule has 3 rings (SSSR count). The Balaban J connectivity index is 1.47. The van der Waals surface area contributed by atoms with Gasteiger partial charge in [-0.05, 0) is 49.2 Å². The quantitative estimate of drug-likeness (QED) is 0.811. The minimum absolute atomic E-state index is 0.208. The zero-order valence-corrected chi connectivity index (χ0v) is 14.3. The molecule has 0 aliphatic carbocycles. The first kappa shape index (κ1) is 16.7. The Kier molecular flexibility index (Phi) is 5.65. The van der Waals surface area contributed by atoms with Crippen LogP contribution in [0.1, 0.15) is 24.0 Å². The third kappa shape index (κ3) is 4.45. The third-order valence-corrected chi connectivity index (χ3v) is 4.83. The van der Waals surface area contributed by atoms with Crippen molar-refractivity contribution >= 4 is 5.78 Å². The van der Waals surface area contributed by atoms with Crippen LogP contribution in [0.4, 0.5) is 0 Å². The molecule has 0 saturated carbocycles. The molecule has 3 heteroatoms. The maximum absolute atomic E-state index is 12.5. The number of likely N-dealkylation sites (tertiary alicyclic amines) is 1. The normalized spacial score (nSPS) is 16.0. The number of Topliss-reactive ketones (excluding diaryl/α,β-unsaturated/α-hetero) is 1. The van der Waals surface area contributed by atoms with Gasteiger partial charge in [0.25, 0.3) is 0 Å². The largest absolute Gasteiger partial charge is 0.497 e. The van der Waals surface area contributed by atoms with E-state index in [1.165, 1.54) is 5.56 Å². The van der Waals surface area contributed by atoms with Crippen LogP contribution in [0.5, 0.6) is 5.75 Å². The first-order valence-electron chi connectivity index (χ1n) is 8.66. The minimum atomic E-state index is 0.208. The molecule has 0 N–H and O–H groups in total. The highest BCUT2D eigenvalue weighted by Crippen LogP contribution is 2.22. The highest BCUT2D eigenvalue weighted by Gasteiger charge is 2.24.